The van der Waals surface area contributed by atoms with Gasteiger partial charge in [0.1, 0.15) is 10.6 Å². The highest BCUT2D eigenvalue weighted by Gasteiger charge is 2.24. The Bertz CT molecular complexity index is 1390. The molecule has 0 radical (unpaired) electrons. The number of carbonyl (C=O) groups is 2. The van der Waals surface area contributed by atoms with E-state index < -0.39 is 0 Å². The predicted molar refractivity (Wildman–Crippen MR) is 125 cm³/mol. The summed E-state index contributed by atoms with van der Waals surface area (Å²) in [5.74, 6) is -0.0528. The number of hydrogen-bond acceptors (Lipinski definition) is 6. The Labute approximate surface area is 193 Å². The molecule has 5 rings (SSSR count). The van der Waals surface area contributed by atoms with Crippen molar-refractivity contribution >= 4 is 28.2 Å². The minimum atomic E-state index is -0.329. The highest BCUT2D eigenvalue weighted by Crippen LogP contribution is 2.33. The van der Waals surface area contributed by atoms with Crippen LogP contribution in [0.25, 0.3) is 11.5 Å². The Morgan fingerprint density at radius 1 is 0.970 bits per heavy atom. The number of hydrogen-bond donors (Lipinski definition) is 1. The van der Waals surface area contributed by atoms with Crippen LogP contribution in [0.2, 0.25) is 0 Å². The van der Waals surface area contributed by atoms with Gasteiger partial charge in [0.25, 0.3) is 5.91 Å². The topological polar surface area (TPSA) is 90.0 Å². The number of ketones is 1. The fourth-order valence-electron chi connectivity index (χ4n) is 3.38. The van der Waals surface area contributed by atoms with Crippen LogP contribution >= 0.6 is 11.3 Å². The maximum absolute atomic E-state index is 13.4. The number of carbonyl (C=O) groups excluding carboxylic acids is 2. The fourth-order valence-corrected chi connectivity index (χ4v) is 4.31. The molecule has 7 nitrogen and oxygen atoms in total. The lowest BCUT2D eigenvalue weighted by Crippen LogP contribution is -2.11. The number of anilines is 1. The smallest absolute Gasteiger partial charge is 0.257 e. The van der Waals surface area contributed by atoms with Crippen LogP contribution in [0.3, 0.4) is 0 Å². The van der Waals surface area contributed by atoms with Crippen molar-refractivity contribution in [2.24, 2.45) is 0 Å². The second-order valence-electron chi connectivity index (χ2n) is 7.25. The van der Waals surface area contributed by atoms with Crippen LogP contribution in [-0.4, -0.2) is 26.2 Å². The third-order valence-electron chi connectivity index (χ3n) is 4.97. The summed E-state index contributed by atoms with van der Waals surface area (Å²) in [6, 6.07) is 18.5. The van der Waals surface area contributed by atoms with E-state index in [1.807, 2.05) is 47.3 Å². The molecule has 0 saturated carbocycles. The van der Waals surface area contributed by atoms with E-state index in [1.54, 1.807) is 42.7 Å². The van der Waals surface area contributed by atoms with Crippen molar-refractivity contribution in [2.45, 2.75) is 6.54 Å². The number of nitrogens with one attached hydrogen (secondary N) is 1. The van der Waals surface area contributed by atoms with E-state index in [2.05, 4.69) is 15.3 Å². The molecule has 0 aliphatic heterocycles. The second-order valence-corrected chi connectivity index (χ2v) is 8.25. The molecule has 0 saturated heterocycles. The van der Waals surface area contributed by atoms with E-state index >= 15 is 0 Å². The van der Waals surface area contributed by atoms with Crippen LogP contribution in [0, 0.1) is 0 Å². The van der Waals surface area contributed by atoms with Gasteiger partial charge in [-0.1, -0.05) is 41.7 Å². The SMILES string of the molecule is O=C(Nc1nc(-c2ccco2)c(C(=O)c2ccn(Cc3ccccc3)c2)s1)c1ccncc1. The van der Waals surface area contributed by atoms with E-state index in [1.165, 1.54) is 6.26 Å². The summed E-state index contributed by atoms with van der Waals surface area (Å²) < 4.78 is 7.46. The van der Waals surface area contributed by atoms with Gasteiger partial charge in [-0.15, -0.1) is 0 Å². The average Bonchev–Trinajstić information content (AvgIpc) is 3.61. The Kier molecular flexibility index (Phi) is 5.65. The molecule has 0 aliphatic carbocycles. The molecule has 0 atom stereocenters. The molecule has 1 N–H and O–H groups in total. The Morgan fingerprint density at radius 2 is 1.79 bits per heavy atom. The molecule has 8 heteroatoms. The lowest BCUT2D eigenvalue weighted by molar-refractivity contribution is 0.102. The number of furan rings is 1. The van der Waals surface area contributed by atoms with E-state index in [4.69, 9.17) is 4.42 Å². The van der Waals surface area contributed by atoms with Gasteiger partial charge in [-0.05, 0) is 35.9 Å². The third-order valence-corrected chi connectivity index (χ3v) is 5.94. The minimum Gasteiger partial charge on any atom is -0.463 e. The minimum absolute atomic E-state index is 0.185. The van der Waals surface area contributed by atoms with Crippen molar-refractivity contribution in [2.75, 3.05) is 5.32 Å². The summed E-state index contributed by atoms with van der Waals surface area (Å²) >= 11 is 1.12. The Hall–Kier alpha value is -4.30. The number of nitrogens with zero attached hydrogens (tertiary/aromatic N) is 3. The summed E-state index contributed by atoms with van der Waals surface area (Å²) in [5.41, 5.74) is 2.53. The van der Waals surface area contributed by atoms with Crippen LogP contribution in [0.5, 0.6) is 0 Å². The normalized spacial score (nSPS) is 10.8. The molecule has 0 bridgehead atoms. The van der Waals surface area contributed by atoms with E-state index in [-0.39, 0.29) is 11.7 Å². The van der Waals surface area contributed by atoms with Gasteiger partial charge in [0.2, 0.25) is 5.78 Å². The zero-order valence-corrected chi connectivity index (χ0v) is 18.2. The van der Waals surface area contributed by atoms with Crippen molar-refractivity contribution in [1.82, 2.24) is 14.5 Å². The van der Waals surface area contributed by atoms with Gasteiger partial charge in [-0.25, -0.2) is 4.98 Å². The molecule has 1 amide bonds. The van der Waals surface area contributed by atoms with Crippen molar-refractivity contribution in [3.8, 4) is 11.5 Å². The van der Waals surface area contributed by atoms with Crippen LogP contribution in [0.4, 0.5) is 5.13 Å². The fraction of sp³-hybridized carbons (Fsp3) is 0.0400. The highest BCUT2D eigenvalue weighted by atomic mass is 32.1. The number of thiazole rings is 1. The monoisotopic (exact) mass is 454 g/mol. The highest BCUT2D eigenvalue weighted by molar-refractivity contribution is 7.18. The molecular weight excluding hydrogens is 436 g/mol. The van der Waals surface area contributed by atoms with Crippen LogP contribution in [-0.2, 0) is 6.54 Å². The first-order chi connectivity index (χ1) is 16.2. The summed E-state index contributed by atoms with van der Waals surface area (Å²) in [5, 5.41) is 3.08. The zero-order valence-electron chi connectivity index (χ0n) is 17.3. The molecule has 0 unspecified atom stereocenters. The Morgan fingerprint density at radius 3 is 2.55 bits per heavy atom. The molecule has 0 fully saturated rings. The van der Waals surface area contributed by atoms with Gasteiger partial charge in [0.05, 0.1) is 6.26 Å². The van der Waals surface area contributed by atoms with Gasteiger partial charge < -0.3 is 8.98 Å². The Balaban J connectivity index is 1.43. The summed E-state index contributed by atoms with van der Waals surface area (Å²) in [6.45, 7) is 0.662. The first-order valence-electron chi connectivity index (χ1n) is 10.2. The van der Waals surface area contributed by atoms with Crippen LogP contribution in [0.15, 0.2) is 96.1 Å². The van der Waals surface area contributed by atoms with Crippen molar-refractivity contribution in [3.05, 3.63) is 113 Å². The van der Waals surface area contributed by atoms with Crippen LogP contribution < -0.4 is 5.32 Å². The van der Waals surface area contributed by atoms with Crippen molar-refractivity contribution in [1.29, 1.82) is 0 Å². The van der Waals surface area contributed by atoms with E-state index in [0.717, 1.165) is 16.9 Å². The maximum Gasteiger partial charge on any atom is 0.257 e. The molecule has 4 aromatic heterocycles. The zero-order chi connectivity index (χ0) is 22.6. The number of benzene rings is 1. The quantitative estimate of drug-likeness (QED) is 0.344. The largest absolute Gasteiger partial charge is 0.463 e. The molecule has 162 valence electrons. The molecule has 4 heterocycles. The number of aromatic nitrogens is 3. The van der Waals surface area contributed by atoms with Crippen molar-refractivity contribution in [3.63, 3.8) is 0 Å². The number of pyridine rings is 1. The second kappa shape index (κ2) is 9.05. The van der Waals surface area contributed by atoms with E-state index in [0.29, 0.717) is 39.1 Å². The summed E-state index contributed by atoms with van der Waals surface area (Å²) in [6.07, 6.45) is 8.30. The standard InChI is InChI=1S/C25H18N4O3S/c30-22(19-10-13-29(16-19)15-17-5-2-1-3-6-17)23-21(20-7-4-14-32-20)27-25(33-23)28-24(31)18-8-11-26-12-9-18/h1-14,16H,15H2,(H,27,28,31). The van der Waals surface area contributed by atoms with Crippen molar-refractivity contribution < 1.29 is 14.0 Å². The molecular formula is C25H18N4O3S. The third kappa shape index (κ3) is 4.51. The van der Waals surface area contributed by atoms with Gasteiger partial charge in [0.15, 0.2) is 10.9 Å². The molecule has 0 spiro atoms. The first kappa shape index (κ1) is 20.6. The number of amides is 1. The maximum atomic E-state index is 13.4. The molecule has 33 heavy (non-hydrogen) atoms. The summed E-state index contributed by atoms with van der Waals surface area (Å²) in [7, 11) is 0. The number of rotatable bonds is 7. The molecule has 1 aromatic carbocycles. The average molecular weight is 455 g/mol. The first-order valence-corrected chi connectivity index (χ1v) is 11.0. The van der Waals surface area contributed by atoms with Gasteiger partial charge >= 0.3 is 0 Å². The van der Waals surface area contributed by atoms with E-state index in [9.17, 15) is 9.59 Å². The van der Waals surface area contributed by atoms with Gasteiger partial charge in [-0.3, -0.25) is 19.9 Å². The van der Waals surface area contributed by atoms with Crippen LogP contribution in [0.1, 0.15) is 31.2 Å². The van der Waals surface area contributed by atoms with Gasteiger partial charge in [-0.2, -0.15) is 0 Å². The lowest BCUT2D eigenvalue weighted by Gasteiger charge is -2.02. The molecule has 0 aliphatic rings. The lowest BCUT2D eigenvalue weighted by atomic mass is 10.1. The molecule has 5 aromatic rings. The summed E-state index contributed by atoms with van der Waals surface area (Å²) in [4.78, 5) is 34.8. The van der Waals surface area contributed by atoms with Gasteiger partial charge in [0, 0.05) is 42.5 Å². The predicted octanol–water partition coefficient (Wildman–Crippen LogP) is 5.13.